The van der Waals surface area contributed by atoms with Gasteiger partial charge in [-0.2, -0.15) is 0 Å². The van der Waals surface area contributed by atoms with Gasteiger partial charge in [-0.25, -0.2) is 0 Å². The van der Waals surface area contributed by atoms with Gasteiger partial charge in [-0.3, -0.25) is 19.2 Å². The van der Waals surface area contributed by atoms with Gasteiger partial charge >= 0.3 is 5.97 Å². The molecule has 1 unspecified atom stereocenters. The van der Waals surface area contributed by atoms with E-state index >= 15 is 0 Å². The second-order valence-corrected chi connectivity index (χ2v) is 6.08. The maximum Gasteiger partial charge on any atom is 0.305 e. The Morgan fingerprint density at radius 1 is 0.792 bits per heavy atom. The summed E-state index contributed by atoms with van der Waals surface area (Å²) in [6, 6.07) is 0. The highest BCUT2D eigenvalue weighted by molar-refractivity contribution is 5.96. The maximum atomic E-state index is 12.6. The second-order valence-electron chi connectivity index (χ2n) is 6.08. The third-order valence-electron chi connectivity index (χ3n) is 4.55. The molecule has 1 saturated heterocycles. The fourth-order valence-electron chi connectivity index (χ4n) is 3.18. The summed E-state index contributed by atoms with van der Waals surface area (Å²) in [5.41, 5.74) is 0. The van der Waals surface area contributed by atoms with Crippen molar-refractivity contribution < 1.29 is 28.7 Å². The van der Waals surface area contributed by atoms with Gasteiger partial charge in [0.15, 0.2) is 5.78 Å². The Kier molecular flexibility index (Phi) is 7.73. The predicted octanol–water partition coefficient (Wildman–Crippen LogP) is 2.27. The van der Waals surface area contributed by atoms with E-state index in [-0.39, 0.29) is 43.0 Å². The highest BCUT2D eigenvalue weighted by Gasteiger charge is 2.52. The molecule has 0 aromatic heterocycles. The first kappa shape index (κ1) is 20.5. The molecule has 1 aliphatic rings. The van der Waals surface area contributed by atoms with E-state index in [4.69, 9.17) is 9.47 Å². The van der Waals surface area contributed by atoms with Crippen LogP contribution in [0.5, 0.6) is 0 Å². The van der Waals surface area contributed by atoms with Crippen LogP contribution in [0.2, 0.25) is 0 Å². The van der Waals surface area contributed by atoms with Gasteiger partial charge in [0, 0.05) is 25.7 Å². The van der Waals surface area contributed by atoms with Crippen LogP contribution in [-0.2, 0) is 28.7 Å². The monoisotopic (exact) mass is 340 g/mol. The topological polar surface area (TPSA) is 86.7 Å². The van der Waals surface area contributed by atoms with Crippen LogP contribution >= 0.6 is 0 Å². The minimum Gasteiger partial charge on any atom is -0.459 e. The van der Waals surface area contributed by atoms with E-state index in [2.05, 4.69) is 0 Å². The Bertz CT molecular complexity index is 498. The van der Waals surface area contributed by atoms with Gasteiger partial charge in [0.25, 0.3) is 0 Å². The Labute approximate surface area is 143 Å². The molecule has 0 saturated carbocycles. The zero-order valence-corrected chi connectivity index (χ0v) is 15.2. The van der Waals surface area contributed by atoms with Crippen molar-refractivity contribution >= 4 is 23.3 Å². The molecule has 0 N–H and O–H groups in total. The van der Waals surface area contributed by atoms with Crippen LogP contribution in [0.15, 0.2) is 0 Å². The molecule has 1 aliphatic heterocycles. The zero-order valence-electron chi connectivity index (χ0n) is 15.2. The molecule has 136 valence electrons. The fourth-order valence-corrected chi connectivity index (χ4v) is 3.18. The number of esters is 1. The van der Waals surface area contributed by atoms with E-state index in [1.165, 1.54) is 0 Å². The summed E-state index contributed by atoms with van der Waals surface area (Å²) in [4.78, 5) is 49.1. The lowest BCUT2D eigenvalue weighted by molar-refractivity contribution is -0.199. The minimum atomic E-state index is -0.950. The number of ether oxygens (including phenoxy) is 2. The summed E-state index contributed by atoms with van der Waals surface area (Å²) in [7, 11) is 0. The maximum absolute atomic E-state index is 12.6. The number of Topliss-reactive ketones (excluding diaryl/α,β-unsaturated/α-hetero) is 3. The molecular weight excluding hydrogens is 312 g/mol. The average Bonchev–Trinajstić information content (AvgIpc) is 2.60. The van der Waals surface area contributed by atoms with Gasteiger partial charge < -0.3 is 9.47 Å². The molecule has 0 aromatic carbocycles. The normalized spacial score (nSPS) is 29.8. The van der Waals surface area contributed by atoms with Crippen LogP contribution in [-0.4, -0.2) is 41.6 Å². The summed E-state index contributed by atoms with van der Waals surface area (Å²) < 4.78 is 11.2. The first-order valence-electron chi connectivity index (χ1n) is 8.75. The molecule has 1 heterocycles. The molecule has 0 radical (unpaired) electrons. The first-order valence-corrected chi connectivity index (χ1v) is 8.75. The summed E-state index contributed by atoms with van der Waals surface area (Å²) in [6.45, 7) is 8.42. The lowest BCUT2D eigenvalue weighted by Gasteiger charge is -2.43. The number of rotatable bonds is 8. The van der Waals surface area contributed by atoms with Crippen molar-refractivity contribution in [1.29, 1.82) is 0 Å². The van der Waals surface area contributed by atoms with Crippen LogP contribution in [0.25, 0.3) is 0 Å². The van der Waals surface area contributed by atoms with E-state index < -0.39 is 36.1 Å². The number of ketones is 3. The molecule has 0 aliphatic carbocycles. The van der Waals surface area contributed by atoms with Crippen molar-refractivity contribution in [2.45, 2.75) is 78.6 Å². The molecule has 0 aromatic rings. The molecule has 6 heteroatoms. The summed E-state index contributed by atoms with van der Waals surface area (Å²) >= 11 is 0. The minimum absolute atomic E-state index is 0.167. The Morgan fingerprint density at radius 3 is 1.75 bits per heavy atom. The third-order valence-corrected chi connectivity index (χ3v) is 4.55. The van der Waals surface area contributed by atoms with Gasteiger partial charge in [-0.05, 0) is 6.92 Å². The fraction of sp³-hybridized carbons (Fsp3) is 0.778. The highest BCUT2D eigenvalue weighted by Crippen LogP contribution is 2.36. The van der Waals surface area contributed by atoms with Gasteiger partial charge in [0.2, 0.25) is 0 Å². The quantitative estimate of drug-likeness (QED) is 0.630. The smallest absolute Gasteiger partial charge is 0.305 e. The molecule has 24 heavy (non-hydrogen) atoms. The first-order chi connectivity index (χ1) is 11.3. The second kappa shape index (κ2) is 9.06. The molecule has 0 spiro atoms. The molecule has 6 nitrogen and oxygen atoms in total. The standard InChI is InChI=1S/C18H28O6/c1-6-11(19)15-16(12(20)7-2)18(13(21)8-3)23-10(5)17(15)24-14(22)9-4/h10,15-18H,6-9H2,1-5H3/t10-,15+,16-,17-,18?/m0/s1. The lowest BCUT2D eigenvalue weighted by atomic mass is 9.72. The van der Waals surface area contributed by atoms with E-state index in [1.807, 2.05) is 0 Å². The molecule has 0 bridgehead atoms. The van der Waals surface area contributed by atoms with Gasteiger partial charge in [0.1, 0.15) is 23.8 Å². The largest absolute Gasteiger partial charge is 0.459 e. The predicted molar refractivity (Wildman–Crippen MR) is 87.4 cm³/mol. The molecular formula is C18H28O6. The van der Waals surface area contributed by atoms with Crippen LogP contribution < -0.4 is 0 Å². The molecule has 1 rings (SSSR count). The van der Waals surface area contributed by atoms with E-state index in [0.717, 1.165) is 0 Å². The van der Waals surface area contributed by atoms with Crippen LogP contribution in [0.3, 0.4) is 0 Å². The number of hydrogen-bond donors (Lipinski definition) is 0. The van der Waals surface area contributed by atoms with E-state index in [1.54, 1.807) is 34.6 Å². The van der Waals surface area contributed by atoms with Gasteiger partial charge in [-0.1, -0.05) is 27.7 Å². The molecule has 1 fully saturated rings. The number of carbonyl (C=O) groups excluding carboxylic acids is 4. The Morgan fingerprint density at radius 2 is 1.29 bits per heavy atom. The summed E-state index contributed by atoms with van der Waals surface area (Å²) in [6.07, 6.45) is -1.63. The van der Waals surface area contributed by atoms with Crippen molar-refractivity contribution in [2.75, 3.05) is 0 Å². The lowest BCUT2D eigenvalue weighted by Crippen LogP contribution is -2.58. The molecule has 0 amide bonds. The van der Waals surface area contributed by atoms with Crippen molar-refractivity contribution in [2.24, 2.45) is 11.8 Å². The van der Waals surface area contributed by atoms with Crippen molar-refractivity contribution in [1.82, 2.24) is 0 Å². The van der Waals surface area contributed by atoms with Crippen LogP contribution in [0.4, 0.5) is 0 Å². The van der Waals surface area contributed by atoms with E-state index in [0.29, 0.717) is 0 Å². The van der Waals surface area contributed by atoms with Crippen molar-refractivity contribution in [3.63, 3.8) is 0 Å². The van der Waals surface area contributed by atoms with E-state index in [9.17, 15) is 19.2 Å². The van der Waals surface area contributed by atoms with Crippen LogP contribution in [0, 0.1) is 11.8 Å². The Balaban J connectivity index is 3.33. The van der Waals surface area contributed by atoms with Crippen LogP contribution in [0.1, 0.15) is 60.3 Å². The summed E-state index contributed by atoms with van der Waals surface area (Å²) in [5, 5.41) is 0. The number of hydrogen-bond acceptors (Lipinski definition) is 6. The summed E-state index contributed by atoms with van der Waals surface area (Å²) in [5.74, 6) is -2.77. The van der Waals surface area contributed by atoms with Crippen molar-refractivity contribution in [3.05, 3.63) is 0 Å². The number of carbonyl (C=O) groups is 4. The zero-order chi connectivity index (χ0) is 18.4. The third kappa shape index (κ3) is 4.29. The highest BCUT2D eigenvalue weighted by atomic mass is 16.6. The van der Waals surface area contributed by atoms with Gasteiger partial charge in [-0.15, -0.1) is 0 Å². The SMILES string of the molecule is CCC(=O)O[C@@H]1[C@H](C(=O)CC)[C@H](C(=O)CC)C(C(=O)CC)O[C@H]1C. The average molecular weight is 340 g/mol. The molecule has 5 atom stereocenters. The Hall–Kier alpha value is -1.56. The van der Waals surface area contributed by atoms with Crippen molar-refractivity contribution in [3.8, 4) is 0 Å². The van der Waals surface area contributed by atoms with Gasteiger partial charge in [0.05, 0.1) is 17.9 Å².